The van der Waals surface area contributed by atoms with E-state index in [9.17, 15) is 9.32 Å². The van der Waals surface area contributed by atoms with E-state index in [1.165, 1.54) is 7.11 Å². The Kier molecular flexibility index (Phi) is 7.70. The molecule has 0 spiro atoms. The summed E-state index contributed by atoms with van der Waals surface area (Å²) in [6, 6.07) is 27.8. The van der Waals surface area contributed by atoms with Crippen LogP contribution in [0.2, 0.25) is 0 Å². The maximum absolute atomic E-state index is 11.5. The van der Waals surface area contributed by atoms with E-state index >= 15 is 0 Å². The van der Waals surface area contributed by atoms with Gasteiger partial charge < -0.3 is 10.8 Å². The molecule has 0 amide bonds. The fourth-order valence-corrected chi connectivity index (χ4v) is 5.99. The number of aliphatic hydroxyl groups excluding tert-OH is 1. The highest BCUT2D eigenvalue weighted by atomic mass is 32.2. The second-order valence-electron chi connectivity index (χ2n) is 10.7. The van der Waals surface area contributed by atoms with Crippen LogP contribution in [0, 0.1) is 6.92 Å². The zero-order valence-corrected chi connectivity index (χ0v) is 24.9. The summed E-state index contributed by atoms with van der Waals surface area (Å²) in [5.41, 5.74) is 12.9. The molecule has 43 heavy (non-hydrogen) atoms. The Bertz CT molecular complexity index is 2020. The van der Waals surface area contributed by atoms with E-state index in [2.05, 4.69) is 47.3 Å². The predicted molar refractivity (Wildman–Crippen MR) is 173 cm³/mol. The fourth-order valence-electron chi connectivity index (χ4n) is 5.25. The number of hydrogen-bond acceptors (Lipinski definition) is 7. The molecule has 1 saturated carbocycles. The Balaban J connectivity index is 0.000000232. The SMILES string of the molecule is C=S(=O)(OC)c1ccc(C)cc1.Nc1nccn2c(C3CC(O)C3)nc(-c3ccc4ccc(-c5ccccc5)nc4c3)c12. The maximum atomic E-state index is 11.5. The third-order valence-corrected chi connectivity index (χ3v) is 9.30. The largest absolute Gasteiger partial charge is 0.393 e. The third-order valence-electron chi connectivity index (χ3n) is 7.77. The van der Waals surface area contributed by atoms with Crippen LogP contribution in [0.25, 0.3) is 38.9 Å². The molecule has 7 rings (SSSR count). The molecule has 218 valence electrons. The number of aryl methyl sites for hydroxylation is 1. The van der Waals surface area contributed by atoms with Crippen molar-refractivity contribution in [3.63, 3.8) is 0 Å². The van der Waals surface area contributed by atoms with Crippen molar-refractivity contribution in [1.82, 2.24) is 19.4 Å². The van der Waals surface area contributed by atoms with Crippen LogP contribution in [0.4, 0.5) is 5.82 Å². The van der Waals surface area contributed by atoms with Gasteiger partial charge in [0.15, 0.2) is 0 Å². The number of imidazole rings is 1. The molecule has 1 aliphatic rings. The minimum atomic E-state index is -2.51. The van der Waals surface area contributed by atoms with Crippen LogP contribution < -0.4 is 5.73 Å². The molecule has 0 aliphatic heterocycles. The van der Waals surface area contributed by atoms with Gasteiger partial charge in [-0.05, 0) is 49.9 Å². The van der Waals surface area contributed by atoms with Crippen LogP contribution in [0.1, 0.15) is 30.1 Å². The minimum Gasteiger partial charge on any atom is -0.393 e. The van der Waals surface area contributed by atoms with Gasteiger partial charge in [-0.25, -0.2) is 19.2 Å². The van der Waals surface area contributed by atoms with Crippen LogP contribution in [0.3, 0.4) is 0 Å². The van der Waals surface area contributed by atoms with Crippen LogP contribution >= 0.6 is 0 Å². The monoisotopic (exact) mass is 591 g/mol. The molecule has 3 heterocycles. The Morgan fingerprint density at radius 2 is 1.70 bits per heavy atom. The summed E-state index contributed by atoms with van der Waals surface area (Å²) in [4.78, 5) is 14.8. The van der Waals surface area contributed by atoms with Crippen molar-refractivity contribution in [2.45, 2.75) is 36.7 Å². The van der Waals surface area contributed by atoms with Gasteiger partial charge in [-0.1, -0.05) is 66.2 Å². The van der Waals surface area contributed by atoms with Crippen molar-refractivity contribution in [2.24, 2.45) is 0 Å². The van der Waals surface area contributed by atoms with E-state index in [-0.39, 0.29) is 12.0 Å². The van der Waals surface area contributed by atoms with E-state index in [0.717, 1.165) is 63.2 Å². The number of benzene rings is 3. The molecule has 6 aromatic rings. The number of aliphatic hydroxyl groups is 1. The average Bonchev–Trinajstić information content (AvgIpc) is 3.40. The summed E-state index contributed by atoms with van der Waals surface area (Å²) < 4.78 is 18.3. The fraction of sp³-hybridized carbons (Fsp3) is 0.176. The lowest BCUT2D eigenvalue weighted by atomic mass is 9.82. The molecule has 3 aromatic carbocycles. The summed E-state index contributed by atoms with van der Waals surface area (Å²) in [6.07, 6.45) is 4.79. The maximum Gasteiger partial charge on any atom is 0.150 e. The first-order valence-electron chi connectivity index (χ1n) is 14.0. The second-order valence-corrected chi connectivity index (χ2v) is 12.8. The molecule has 0 bridgehead atoms. The van der Waals surface area contributed by atoms with Gasteiger partial charge in [-0.15, -0.1) is 0 Å². The van der Waals surface area contributed by atoms with Crippen LogP contribution in [-0.4, -0.2) is 47.8 Å². The average molecular weight is 592 g/mol. The lowest BCUT2D eigenvalue weighted by Gasteiger charge is -2.30. The number of rotatable bonds is 5. The first kappa shape index (κ1) is 28.5. The van der Waals surface area contributed by atoms with Gasteiger partial charge in [0.05, 0.1) is 29.3 Å². The predicted octanol–water partition coefficient (Wildman–Crippen LogP) is 6.06. The molecule has 1 atom stereocenters. The standard InChI is InChI=1S/C25H21N5O.C9H12O2S/c26-24-23-22(29-25(18-12-19(31)13-18)30(23)11-10-27-24)17-7-6-16-8-9-20(28-21(16)14-17)15-4-2-1-3-5-15;1-8-4-6-9(7-5-8)12(3,10)11-2/h1-11,14,18-19,31H,12-13H2,(H2,26,27);4-7H,3H2,1-2H3. The van der Waals surface area contributed by atoms with E-state index in [1.54, 1.807) is 18.3 Å². The molecule has 3 N–H and O–H groups in total. The highest BCUT2D eigenvalue weighted by molar-refractivity contribution is 7.96. The lowest BCUT2D eigenvalue weighted by molar-refractivity contribution is 0.0715. The van der Waals surface area contributed by atoms with E-state index in [0.29, 0.717) is 10.7 Å². The van der Waals surface area contributed by atoms with Gasteiger partial charge in [-0.2, -0.15) is 0 Å². The smallest absolute Gasteiger partial charge is 0.150 e. The van der Waals surface area contributed by atoms with Crippen molar-refractivity contribution < 1.29 is 13.5 Å². The van der Waals surface area contributed by atoms with Crippen molar-refractivity contribution in [1.29, 1.82) is 0 Å². The molecule has 8 nitrogen and oxygen atoms in total. The highest BCUT2D eigenvalue weighted by Crippen LogP contribution is 2.39. The molecule has 1 aliphatic carbocycles. The van der Waals surface area contributed by atoms with E-state index in [1.807, 2.05) is 53.9 Å². The molecule has 3 aromatic heterocycles. The number of aromatic nitrogens is 4. The van der Waals surface area contributed by atoms with Gasteiger partial charge in [0.1, 0.15) is 32.7 Å². The van der Waals surface area contributed by atoms with Crippen molar-refractivity contribution in [2.75, 3.05) is 12.8 Å². The van der Waals surface area contributed by atoms with Crippen LogP contribution in [0.15, 0.2) is 102 Å². The Morgan fingerprint density at radius 1 is 0.977 bits per heavy atom. The molecule has 0 saturated heterocycles. The number of fused-ring (bicyclic) bond motifs is 2. The third kappa shape index (κ3) is 5.75. The first-order valence-corrected chi connectivity index (χ1v) is 15.7. The molecular weight excluding hydrogens is 558 g/mol. The normalized spacial score (nSPS) is 17.6. The van der Waals surface area contributed by atoms with Crippen molar-refractivity contribution >= 4 is 37.9 Å². The number of hydrogen-bond donors (Lipinski definition) is 2. The molecule has 0 radical (unpaired) electrons. The Hall–Kier alpha value is -4.57. The van der Waals surface area contributed by atoms with Crippen molar-refractivity contribution in [3.8, 4) is 22.5 Å². The molecule has 1 fully saturated rings. The summed E-state index contributed by atoms with van der Waals surface area (Å²) in [5, 5.41) is 10.9. The summed E-state index contributed by atoms with van der Waals surface area (Å²) in [6.45, 7) is 1.97. The van der Waals surface area contributed by atoms with Gasteiger partial charge in [0.25, 0.3) is 0 Å². The minimum absolute atomic E-state index is 0.223. The first-order chi connectivity index (χ1) is 20.7. The van der Waals surface area contributed by atoms with E-state index in [4.69, 9.17) is 19.9 Å². The lowest BCUT2D eigenvalue weighted by Crippen LogP contribution is -2.27. The van der Waals surface area contributed by atoms with Gasteiger partial charge in [-0.3, -0.25) is 8.58 Å². The van der Waals surface area contributed by atoms with Crippen LogP contribution in [0.5, 0.6) is 0 Å². The van der Waals surface area contributed by atoms with Crippen molar-refractivity contribution in [3.05, 3.63) is 109 Å². The molecule has 1 unspecified atom stereocenters. The number of nitrogens with two attached hydrogens (primary N) is 1. The van der Waals surface area contributed by atoms with Gasteiger partial charge in [0.2, 0.25) is 0 Å². The highest BCUT2D eigenvalue weighted by Gasteiger charge is 2.33. The second kappa shape index (κ2) is 11.6. The number of anilines is 1. The van der Waals surface area contributed by atoms with Gasteiger partial charge in [0, 0.05) is 34.8 Å². The Labute approximate surface area is 251 Å². The number of nitrogens with zero attached hydrogens (tertiary/aromatic N) is 4. The zero-order valence-electron chi connectivity index (χ0n) is 24.1. The quantitative estimate of drug-likeness (QED) is 0.234. The number of pyridine rings is 1. The van der Waals surface area contributed by atoms with E-state index < -0.39 is 9.80 Å². The summed E-state index contributed by atoms with van der Waals surface area (Å²) >= 11 is 0. The van der Waals surface area contributed by atoms with Crippen LogP contribution in [-0.2, 0) is 14.0 Å². The summed E-state index contributed by atoms with van der Waals surface area (Å²) in [7, 11) is -1.12. The van der Waals surface area contributed by atoms with Gasteiger partial charge >= 0.3 is 0 Å². The zero-order chi connectivity index (χ0) is 30.1. The topological polar surface area (TPSA) is 116 Å². The molecular formula is C34H33N5O3S. The molecule has 9 heteroatoms. The number of nitrogen functional groups attached to an aromatic ring is 1. The summed E-state index contributed by atoms with van der Waals surface area (Å²) in [5.74, 6) is 5.09. The Morgan fingerprint density at radius 3 is 2.40 bits per heavy atom.